The highest BCUT2D eigenvalue weighted by atomic mass is 14.5. The molecule has 3 saturated carbocycles. The molecule has 3 aliphatic carbocycles. The molecule has 0 amide bonds. The summed E-state index contributed by atoms with van der Waals surface area (Å²) in [5.41, 5.74) is 0. The van der Waals surface area contributed by atoms with Crippen LogP contribution in [0.3, 0.4) is 0 Å². The van der Waals surface area contributed by atoms with Crippen molar-refractivity contribution in [3.8, 4) is 0 Å². The van der Waals surface area contributed by atoms with Gasteiger partial charge in [-0.3, -0.25) is 0 Å². The molecule has 0 heterocycles. The van der Waals surface area contributed by atoms with Gasteiger partial charge in [0.2, 0.25) is 0 Å². The Hall–Kier alpha value is 0. The van der Waals surface area contributed by atoms with Crippen LogP contribution in [-0.4, -0.2) is 0 Å². The van der Waals surface area contributed by atoms with Crippen LogP contribution in [0.25, 0.3) is 0 Å². The fraction of sp³-hybridized carbons (Fsp3) is 1.00. The van der Waals surface area contributed by atoms with Gasteiger partial charge in [-0.05, 0) is 61.7 Å². The average Bonchev–Trinajstić information content (AvgIpc) is 2.75. The maximum atomic E-state index is 2.47. The van der Waals surface area contributed by atoms with Gasteiger partial charge in [-0.15, -0.1) is 0 Å². The summed E-state index contributed by atoms with van der Waals surface area (Å²) in [5.74, 6) is 5.73. The summed E-state index contributed by atoms with van der Waals surface area (Å²) >= 11 is 0. The van der Waals surface area contributed by atoms with E-state index in [1.165, 1.54) is 11.8 Å². The standard InChI is InChI=1S/C12H20.C2H6/c1-8-5-9-7-10(6-8)12-4-2-3-11(9)12;1-2/h8-12H,2-7H2,1H3;1-2H3. The molecule has 3 fully saturated rings. The van der Waals surface area contributed by atoms with Crippen molar-refractivity contribution in [2.75, 3.05) is 0 Å². The van der Waals surface area contributed by atoms with E-state index in [1.54, 1.807) is 38.5 Å². The van der Waals surface area contributed by atoms with Crippen molar-refractivity contribution in [2.45, 2.75) is 59.3 Å². The first kappa shape index (κ1) is 10.5. The highest BCUT2D eigenvalue weighted by Crippen LogP contribution is 2.57. The van der Waals surface area contributed by atoms with Crippen molar-refractivity contribution in [1.82, 2.24) is 0 Å². The molecule has 14 heavy (non-hydrogen) atoms. The van der Waals surface area contributed by atoms with E-state index in [2.05, 4.69) is 6.92 Å². The van der Waals surface area contributed by atoms with Gasteiger partial charge in [0.15, 0.2) is 0 Å². The molecular formula is C14H26. The summed E-state index contributed by atoms with van der Waals surface area (Å²) in [7, 11) is 0. The Balaban J connectivity index is 0.000000354. The Morgan fingerprint density at radius 1 is 0.786 bits per heavy atom. The lowest BCUT2D eigenvalue weighted by molar-refractivity contribution is 0.245. The summed E-state index contributed by atoms with van der Waals surface area (Å²) in [6.45, 7) is 6.47. The molecule has 82 valence electrons. The van der Waals surface area contributed by atoms with E-state index in [0.717, 1.165) is 17.8 Å². The molecular weight excluding hydrogens is 168 g/mol. The Labute approximate surface area is 89.5 Å². The fourth-order valence-electron chi connectivity index (χ4n) is 4.60. The van der Waals surface area contributed by atoms with Crippen LogP contribution in [0.1, 0.15) is 59.3 Å². The molecule has 0 aromatic rings. The largest absolute Gasteiger partial charge is 0.0683 e. The van der Waals surface area contributed by atoms with E-state index < -0.39 is 0 Å². The summed E-state index contributed by atoms with van der Waals surface area (Å²) < 4.78 is 0. The SMILES string of the molecule is CC.CC1CC2CC(C1)C1CCCC21. The van der Waals surface area contributed by atoms with Gasteiger partial charge in [-0.25, -0.2) is 0 Å². The molecule has 0 radical (unpaired) electrons. The van der Waals surface area contributed by atoms with E-state index >= 15 is 0 Å². The molecule has 0 aromatic heterocycles. The number of fused-ring (bicyclic) bond motifs is 5. The maximum absolute atomic E-state index is 2.47. The Morgan fingerprint density at radius 3 is 1.79 bits per heavy atom. The monoisotopic (exact) mass is 194 g/mol. The molecule has 0 aliphatic heterocycles. The van der Waals surface area contributed by atoms with Crippen LogP contribution in [-0.2, 0) is 0 Å². The van der Waals surface area contributed by atoms with Crippen LogP contribution in [0.5, 0.6) is 0 Å². The van der Waals surface area contributed by atoms with Gasteiger partial charge in [0, 0.05) is 0 Å². The van der Waals surface area contributed by atoms with Crippen LogP contribution >= 0.6 is 0 Å². The van der Waals surface area contributed by atoms with Gasteiger partial charge in [0.05, 0.1) is 0 Å². The zero-order valence-corrected chi connectivity index (χ0v) is 10.1. The third-order valence-corrected chi connectivity index (χ3v) is 4.85. The van der Waals surface area contributed by atoms with E-state index in [-0.39, 0.29) is 0 Å². The molecule has 0 heteroatoms. The van der Waals surface area contributed by atoms with Crippen molar-refractivity contribution < 1.29 is 0 Å². The zero-order valence-electron chi connectivity index (χ0n) is 10.1. The summed E-state index contributed by atoms with van der Waals surface area (Å²) in [6, 6.07) is 0. The Bertz CT molecular complexity index is 162. The number of rotatable bonds is 0. The van der Waals surface area contributed by atoms with Crippen LogP contribution in [0.2, 0.25) is 0 Å². The van der Waals surface area contributed by atoms with Crippen molar-refractivity contribution in [3.63, 3.8) is 0 Å². The van der Waals surface area contributed by atoms with Crippen LogP contribution < -0.4 is 0 Å². The van der Waals surface area contributed by atoms with Crippen LogP contribution in [0, 0.1) is 29.6 Å². The molecule has 0 N–H and O–H groups in total. The second-order valence-corrected chi connectivity index (χ2v) is 5.59. The van der Waals surface area contributed by atoms with Crippen molar-refractivity contribution in [2.24, 2.45) is 29.6 Å². The number of hydrogen-bond acceptors (Lipinski definition) is 0. The van der Waals surface area contributed by atoms with Crippen LogP contribution in [0.15, 0.2) is 0 Å². The van der Waals surface area contributed by atoms with E-state index in [1.807, 2.05) is 13.8 Å². The predicted octanol–water partition coefficient (Wildman–Crippen LogP) is 4.49. The first-order valence-electron chi connectivity index (χ1n) is 6.84. The third-order valence-electron chi connectivity index (χ3n) is 4.85. The predicted molar refractivity (Wildman–Crippen MR) is 62.2 cm³/mol. The molecule has 2 bridgehead atoms. The summed E-state index contributed by atoms with van der Waals surface area (Å²) in [4.78, 5) is 0. The van der Waals surface area contributed by atoms with E-state index in [9.17, 15) is 0 Å². The van der Waals surface area contributed by atoms with Gasteiger partial charge >= 0.3 is 0 Å². The fourth-order valence-corrected chi connectivity index (χ4v) is 4.60. The highest BCUT2D eigenvalue weighted by molar-refractivity contribution is 4.98. The molecule has 4 atom stereocenters. The minimum atomic E-state index is 1.05. The minimum Gasteiger partial charge on any atom is -0.0683 e. The van der Waals surface area contributed by atoms with Crippen molar-refractivity contribution in [1.29, 1.82) is 0 Å². The first-order chi connectivity index (χ1) is 6.84. The molecule has 0 aromatic carbocycles. The third kappa shape index (κ3) is 1.61. The molecule has 0 spiro atoms. The van der Waals surface area contributed by atoms with Gasteiger partial charge in [0.25, 0.3) is 0 Å². The van der Waals surface area contributed by atoms with E-state index in [0.29, 0.717) is 0 Å². The lowest BCUT2D eigenvalue weighted by Gasteiger charge is -2.26. The van der Waals surface area contributed by atoms with Gasteiger partial charge in [0.1, 0.15) is 0 Å². The normalized spacial score (nSPS) is 49.5. The minimum absolute atomic E-state index is 1.05. The lowest BCUT2D eigenvalue weighted by atomic mass is 9.79. The Morgan fingerprint density at radius 2 is 1.29 bits per heavy atom. The van der Waals surface area contributed by atoms with E-state index in [4.69, 9.17) is 0 Å². The van der Waals surface area contributed by atoms with Crippen molar-refractivity contribution in [3.05, 3.63) is 0 Å². The van der Waals surface area contributed by atoms with Crippen molar-refractivity contribution >= 4 is 0 Å². The molecule has 3 rings (SSSR count). The van der Waals surface area contributed by atoms with Gasteiger partial charge < -0.3 is 0 Å². The lowest BCUT2D eigenvalue weighted by Crippen LogP contribution is -2.15. The van der Waals surface area contributed by atoms with Gasteiger partial charge in [-0.1, -0.05) is 27.2 Å². The number of hydrogen-bond donors (Lipinski definition) is 0. The highest BCUT2D eigenvalue weighted by Gasteiger charge is 2.48. The quantitative estimate of drug-likeness (QED) is 0.533. The maximum Gasteiger partial charge on any atom is -0.0355 e. The van der Waals surface area contributed by atoms with Crippen LogP contribution in [0.4, 0.5) is 0 Å². The Kier molecular flexibility index (Phi) is 3.19. The topological polar surface area (TPSA) is 0 Å². The first-order valence-corrected chi connectivity index (χ1v) is 6.84. The average molecular weight is 194 g/mol. The molecule has 0 nitrogen and oxygen atoms in total. The second-order valence-electron chi connectivity index (χ2n) is 5.59. The molecule has 4 unspecified atom stereocenters. The smallest absolute Gasteiger partial charge is 0.0355 e. The van der Waals surface area contributed by atoms with Gasteiger partial charge in [-0.2, -0.15) is 0 Å². The second kappa shape index (κ2) is 4.24. The molecule has 3 aliphatic rings. The molecule has 0 saturated heterocycles. The summed E-state index contributed by atoms with van der Waals surface area (Å²) in [5, 5.41) is 0. The summed E-state index contributed by atoms with van der Waals surface area (Å²) in [6.07, 6.45) is 9.46. The zero-order chi connectivity index (χ0) is 10.1.